The number of hydrogen-bond acceptors (Lipinski definition) is 4. The molecule has 0 saturated heterocycles. The fraction of sp³-hybridized carbons (Fsp3) is 0.194. The first-order valence-corrected chi connectivity index (χ1v) is 12.4. The van der Waals surface area contributed by atoms with E-state index in [2.05, 4.69) is 28.2 Å². The summed E-state index contributed by atoms with van der Waals surface area (Å²) in [7, 11) is 3.20. The van der Waals surface area contributed by atoms with E-state index in [4.69, 9.17) is 13.9 Å². The number of furan rings is 1. The Hall–Kier alpha value is -4.52. The third-order valence-corrected chi connectivity index (χ3v) is 6.70. The number of hydrogen-bond donors (Lipinski definition) is 1. The van der Waals surface area contributed by atoms with Crippen molar-refractivity contribution in [1.82, 2.24) is 9.88 Å². The molecule has 0 aliphatic carbocycles. The number of aromatic nitrogens is 1. The number of carbonyl (C=O) groups is 1. The lowest BCUT2D eigenvalue weighted by Gasteiger charge is -2.19. The van der Waals surface area contributed by atoms with Gasteiger partial charge in [-0.15, -0.1) is 0 Å². The van der Waals surface area contributed by atoms with E-state index in [9.17, 15) is 9.18 Å². The minimum absolute atomic E-state index is 0.100. The fourth-order valence-corrected chi connectivity index (χ4v) is 4.80. The quantitative estimate of drug-likeness (QED) is 0.239. The highest BCUT2D eigenvalue weighted by molar-refractivity contribution is 5.87. The number of fused-ring (bicyclic) bond motifs is 1. The number of amides is 1. The maximum absolute atomic E-state index is 13.5. The minimum Gasteiger partial charge on any atom is -0.493 e. The minimum atomic E-state index is -0.263. The van der Waals surface area contributed by atoms with Crippen LogP contribution in [0.2, 0.25) is 0 Å². The Kier molecular flexibility index (Phi) is 7.45. The molecule has 0 fully saturated rings. The normalized spacial score (nSPS) is 11.9. The molecule has 5 aromatic rings. The average Bonchev–Trinajstić information content (AvgIpc) is 3.60. The summed E-state index contributed by atoms with van der Waals surface area (Å²) in [6.45, 7) is 0.890. The van der Waals surface area contributed by atoms with E-state index >= 15 is 0 Å². The summed E-state index contributed by atoms with van der Waals surface area (Å²) < 4.78 is 32.0. The molecule has 0 spiro atoms. The summed E-state index contributed by atoms with van der Waals surface area (Å²) in [5, 5.41) is 4.02. The molecular formula is C31H29FN2O4. The molecule has 6 nitrogen and oxygen atoms in total. The molecule has 3 aromatic carbocycles. The molecule has 2 heterocycles. The molecule has 0 aliphatic heterocycles. The second kappa shape index (κ2) is 11.3. The number of nitrogens with zero attached hydrogens (tertiary/aromatic N) is 1. The molecule has 0 bridgehead atoms. The average molecular weight is 513 g/mol. The molecule has 2 aromatic heterocycles. The summed E-state index contributed by atoms with van der Waals surface area (Å²) in [4.78, 5) is 13.2. The highest BCUT2D eigenvalue weighted by Crippen LogP contribution is 2.38. The predicted molar refractivity (Wildman–Crippen MR) is 144 cm³/mol. The van der Waals surface area contributed by atoms with E-state index in [0.29, 0.717) is 30.3 Å². The number of carbonyl (C=O) groups excluding carboxylic acids is 1. The first-order valence-electron chi connectivity index (χ1n) is 12.4. The van der Waals surface area contributed by atoms with Crippen molar-refractivity contribution in [3.63, 3.8) is 0 Å². The monoisotopic (exact) mass is 512 g/mol. The second-order valence-corrected chi connectivity index (χ2v) is 9.08. The SMILES string of the molecule is COc1ccc([C@H](CC(=O)NCc2ccco2)c2cn(Cc3ccc(F)cc3)c3ccccc23)cc1OC. The largest absolute Gasteiger partial charge is 0.493 e. The van der Waals surface area contributed by atoms with Gasteiger partial charge in [0, 0.05) is 36.0 Å². The zero-order chi connectivity index (χ0) is 26.5. The van der Waals surface area contributed by atoms with Gasteiger partial charge < -0.3 is 23.8 Å². The van der Waals surface area contributed by atoms with Crippen molar-refractivity contribution in [2.75, 3.05) is 14.2 Å². The lowest BCUT2D eigenvalue weighted by Crippen LogP contribution is -2.24. The van der Waals surface area contributed by atoms with Gasteiger partial charge in [0.2, 0.25) is 5.91 Å². The van der Waals surface area contributed by atoms with Gasteiger partial charge in [-0.2, -0.15) is 0 Å². The summed E-state index contributed by atoms with van der Waals surface area (Å²) in [5.41, 5.74) is 3.97. The Morgan fingerprint density at radius 1 is 0.974 bits per heavy atom. The number of para-hydroxylation sites is 1. The smallest absolute Gasteiger partial charge is 0.221 e. The van der Waals surface area contributed by atoms with Crippen LogP contribution in [-0.2, 0) is 17.9 Å². The summed E-state index contributed by atoms with van der Waals surface area (Å²) in [6.07, 6.45) is 3.90. The molecule has 1 atom stereocenters. The van der Waals surface area contributed by atoms with E-state index in [-0.39, 0.29) is 24.1 Å². The van der Waals surface area contributed by atoms with Gasteiger partial charge >= 0.3 is 0 Å². The highest BCUT2D eigenvalue weighted by atomic mass is 19.1. The molecule has 38 heavy (non-hydrogen) atoms. The van der Waals surface area contributed by atoms with E-state index in [1.807, 2.05) is 36.4 Å². The van der Waals surface area contributed by atoms with E-state index < -0.39 is 0 Å². The number of rotatable bonds is 10. The molecular weight excluding hydrogens is 483 g/mol. The third kappa shape index (κ3) is 5.42. The lowest BCUT2D eigenvalue weighted by molar-refractivity contribution is -0.121. The van der Waals surface area contributed by atoms with Crippen LogP contribution < -0.4 is 14.8 Å². The van der Waals surface area contributed by atoms with Crippen LogP contribution in [0.4, 0.5) is 4.39 Å². The molecule has 0 radical (unpaired) electrons. The van der Waals surface area contributed by atoms with Crippen LogP contribution in [-0.4, -0.2) is 24.7 Å². The van der Waals surface area contributed by atoms with Gasteiger partial charge in [0.05, 0.1) is 27.0 Å². The Balaban J connectivity index is 1.54. The molecule has 1 amide bonds. The lowest BCUT2D eigenvalue weighted by atomic mass is 9.87. The van der Waals surface area contributed by atoms with Gasteiger partial charge in [0.25, 0.3) is 0 Å². The van der Waals surface area contributed by atoms with Gasteiger partial charge in [-0.1, -0.05) is 36.4 Å². The molecule has 1 N–H and O–H groups in total. The summed E-state index contributed by atoms with van der Waals surface area (Å²) >= 11 is 0. The van der Waals surface area contributed by atoms with Gasteiger partial charge in [0.15, 0.2) is 11.5 Å². The third-order valence-electron chi connectivity index (χ3n) is 6.70. The van der Waals surface area contributed by atoms with Crippen molar-refractivity contribution in [2.24, 2.45) is 0 Å². The van der Waals surface area contributed by atoms with Crippen molar-refractivity contribution in [3.8, 4) is 11.5 Å². The Morgan fingerprint density at radius 3 is 2.50 bits per heavy atom. The van der Waals surface area contributed by atoms with Crippen LogP contribution >= 0.6 is 0 Å². The Morgan fingerprint density at radius 2 is 1.76 bits per heavy atom. The van der Waals surface area contributed by atoms with Crippen molar-refractivity contribution in [1.29, 1.82) is 0 Å². The maximum Gasteiger partial charge on any atom is 0.221 e. The van der Waals surface area contributed by atoms with Crippen LogP contribution in [0, 0.1) is 5.82 Å². The number of benzene rings is 3. The zero-order valence-corrected chi connectivity index (χ0v) is 21.3. The van der Waals surface area contributed by atoms with Crippen LogP contribution in [0.15, 0.2) is 95.7 Å². The Bertz CT molecular complexity index is 1520. The zero-order valence-electron chi connectivity index (χ0n) is 21.3. The standard InChI is InChI=1S/C31H29FN2O4/c1-36-29-14-11-22(16-30(29)37-2)26(17-31(35)33-18-24-6-5-15-38-24)27-20-34(28-8-4-3-7-25(27)28)19-21-9-12-23(32)13-10-21/h3-16,20,26H,17-19H2,1-2H3,(H,33,35)/t26-/m0/s1. The number of nitrogens with one attached hydrogen (secondary N) is 1. The van der Waals surface area contributed by atoms with Crippen molar-refractivity contribution >= 4 is 16.8 Å². The van der Waals surface area contributed by atoms with Gasteiger partial charge in [-0.3, -0.25) is 4.79 Å². The Labute approximate surface area is 220 Å². The van der Waals surface area contributed by atoms with Crippen LogP contribution in [0.25, 0.3) is 10.9 Å². The maximum atomic E-state index is 13.5. The van der Waals surface area contributed by atoms with Gasteiger partial charge in [0.1, 0.15) is 11.6 Å². The first kappa shape index (κ1) is 25.1. The number of halogens is 1. The molecule has 5 rings (SSSR count). The first-order chi connectivity index (χ1) is 18.6. The molecule has 7 heteroatoms. The van der Waals surface area contributed by atoms with E-state index in [0.717, 1.165) is 27.6 Å². The van der Waals surface area contributed by atoms with Crippen molar-refractivity contribution in [3.05, 3.63) is 120 Å². The topological polar surface area (TPSA) is 65.6 Å². The fourth-order valence-electron chi connectivity index (χ4n) is 4.80. The van der Waals surface area contributed by atoms with Gasteiger partial charge in [-0.05, 0) is 59.2 Å². The summed E-state index contributed by atoms with van der Waals surface area (Å²) in [6, 6.07) is 24.0. The predicted octanol–water partition coefficient (Wildman–Crippen LogP) is 6.28. The van der Waals surface area contributed by atoms with E-state index in [1.165, 1.54) is 12.1 Å². The number of methoxy groups -OCH3 is 2. The molecule has 0 unspecified atom stereocenters. The summed E-state index contributed by atoms with van der Waals surface area (Å²) in [5.74, 6) is 1.29. The van der Waals surface area contributed by atoms with Crippen LogP contribution in [0.1, 0.15) is 34.8 Å². The van der Waals surface area contributed by atoms with Crippen molar-refractivity contribution < 1.29 is 23.1 Å². The van der Waals surface area contributed by atoms with Crippen LogP contribution in [0.5, 0.6) is 11.5 Å². The highest BCUT2D eigenvalue weighted by Gasteiger charge is 2.24. The number of ether oxygens (including phenoxy) is 2. The molecule has 194 valence electrons. The van der Waals surface area contributed by atoms with E-state index in [1.54, 1.807) is 38.7 Å². The van der Waals surface area contributed by atoms with Crippen LogP contribution in [0.3, 0.4) is 0 Å². The van der Waals surface area contributed by atoms with Crippen molar-refractivity contribution in [2.45, 2.75) is 25.4 Å². The molecule has 0 saturated carbocycles. The second-order valence-electron chi connectivity index (χ2n) is 9.08. The molecule has 0 aliphatic rings. The van der Waals surface area contributed by atoms with Gasteiger partial charge in [-0.25, -0.2) is 4.39 Å².